The minimum atomic E-state index is -0.899. The summed E-state index contributed by atoms with van der Waals surface area (Å²) in [6.45, 7) is 2.47. The molecule has 5 aliphatic rings. The lowest BCUT2D eigenvalue weighted by atomic mass is 9.95. The number of aromatic hydroxyl groups is 1. The largest absolute Gasteiger partial charge is 0.508 e. The SMILES string of the molecule is C#Cc1cccc2cc(O)cc(-c3nc4c5c(nc(OC[C@@]67CCCN6C[C@H](F)C7)nc5c3F)N3C[C@@H]5CC[C@@H](N5)[C@@H]3CO4)c12. The second-order valence-electron chi connectivity index (χ2n) is 13.1. The molecule has 5 aliphatic heterocycles. The van der Waals surface area contributed by atoms with Crippen molar-refractivity contribution in [3.63, 3.8) is 0 Å². The Bertz CT molecular complexity index is 1930. The van der Waals surface area contributed by atoms with Crippen LogP contribution in [0, 0.1) is 18.2 Å². The molecule has 2 N–H and O–H groups in total. The molecule has 0 radical (unpaired) electrons. The monoisotopic (exact) mass is 610 g/mol. The Morgan fingerprint density at radius 1 is 1.18 bits per heavy atom. The van der Waals surface area contributed by atoms with E-state index in [4.69, 9.17) is 25.9 Å². The molecule has 5 atom stereocenters. The number of alkyl halides is 1. The quantitative estimate of drug-likeness (QED) is 0.328. The molecule has 2 aromatic heterocycles. The molecule has 45 heavy (non-hydrogen) atoms. The topological polar surface area (TPSA) is 95.9 Å². The normalized spacial score (nSPS) is 28.5. The molecule has 7 heterocycles. The molecule has 0 aliphatic carbocycles. The molecule has 9 nitrogen and oxygen atoms in total. The first kappa shape index (κ1) is 27.1. The standard InChI is InChI=1S/C34H32F2N6O3/c1-2-18-5-3-6-19-11-22(43)12-23(26(18)19)29-28(36)30-27-31(42-15-21-7-8-24(37-21)25(42)16-44-32(27)38-29)40-33(39-30)45-17-34-9-4-10-41(34)14-20(35)13-34/h1,3,5-6,11-12,20-21,24-25,37,43H,4,7-10,13-17H2/t20-,21+,24-,25+,34+/m1/s1. The van der Waals surface area contributed by atoms with Crippen LogP contribution in [-0.4, -0.2) is 87.6 Å². The highest BCUT2D eigenvalue weighted by molar-refractivity contribution is 6.04. The number of benzene rings is 2. The molecule has 4 fully saturated rings. The van der Waals surface area contributed by atoms with Crippen molar-refractivity contribution in [3.05, 3.63) is 41.7 Å². The van der Waals surface area contributed by atoms with Crippen LogP contribution in [-0.2, 0) is 0 Å². The van der Waals surface area contributed by atoms with Crippen LogP contribution in [0.25, 0.3) is 32.9 Å². The van der Waals surface area contributed by atoms with Gasteiger partial charge in [0, 0.05) is 48.1 Å². The Morgan fingerprint density at radius 3 is 2.98 bits per heavy atom. The van der Waals surface area contributed by atoms with Crippen molar-refractivity contribution in [3.8, 4) is 41.2 Å². The third-order valence-electron chi connectivity index (χ3n) is 10.5. The van der Waals surface area contributed by atoms with E-state index in [0.29, 0.717) is 59.2 Å². The smallest absolute Gasteiger partial charge is 0.319 e. The van der Waals surface area contributed by atoms with Gasteiger partial charge in [0.15, 0.2) is 5.82 Å². The molecule has 4 saturated heterocycles. The van der Waals surface area contributed by atoms with E-state index < -0.39 is 17.5 Å². The van der Waals surface area contributed by atoms with Crippen LogP contribution < -0.4 is 19.7 Å². The van der Waals surface area contributed by atoms with Gasteiger partial charge in [-0.05, 0) is 55.8 Å². The Labute approximate surface area is 258 Å². The van der Waals surface area contributed by atoms with Gasteiger partial charge in [0.2, 0.25) is 5.88 Å². The second-order valence-corrected chi connectivity index (χ2v) is 13.1. The predicted molar refractivity (Wildman–Crippen MR) is 165 cm³/mol. The number of halogens is 2. The molecule has 2 bridgehead atoms. The van der Waals surface area contributed by atoms with Crippen molar-refractivity contribution < 1.29 is 23.4 Å². The van der Waals surface area contributed by atoms with Crippen LogP contribution in [0.2, 0.25) is 0 Å². The lowest BCUT2D eigenvalue weighted by Crippen LogP contribution is -2.60. The summed E-state index contributed by atoms with van der Waals surface area (Å²) in [5.74, 6) is 2.70. The fraction of sp³-hybridized carbons (Fsp3) is 0.441. The van der Waals surface area contributed by atoms with Crippen molar-refractivity contribution in [1.29, 1.82) is 0 Å². The Morgan fingerprint density at radius 2 is 2.09 bits per heavy atom. The number of pyridine rings is 1. The van der Waals surface area contributed by atoms with Crippen molar-refractivity contribution in [2.45, 2.75) is 61.9 Å². The van der Waals surface area contributed by atoms with Gasteiger partial charge in [-0.2, -0.15) is 9.97 Å². The number of ether oxygens (including phenoxy) is 2. The average Bonchev–Trinajstić information content (AvgIpc) is 3.67. The van der Waals surface area contributed by atoms with Crippen LogP contribution in [0.5, 0.6) is 17.6 Å². The highest BCUT2D eigenvalue weighted by Gasteiger charge is 2.50. The lowest BCUT2D eigenvalue weighted by molar-refractivity contribution is 0.107. The number of hydrogen-bond acceptors (Lipinski definition) is 9. The maximum atomic E-state index is 17.0. The van der Waals surface area contributed by atoms with Crippen LogP contribution in [0.1, 0.15) is 37.7 Å². The van der Waals surface area contributed by atoms with Gasteiger partial charge in [-0.15, -0.1) is 6.42 Å². The summed E-state index contributed by atoms with van der Waals surface area (Å²) in [6.07, 6.45) is 9.21. The first-order chi connectivity index (χ1) is 21.9. The van der Waals surface area contributed by atoms with Gasteiger partial charge >= 0.3 is 6.01 Å². The molecule has 0 unspecified atom stereocenters. The van der Waals surface area contributed by atoms with Gasteiger partial charge in [-0.25, -0.2) is 13.8 Å². The summed E-state index contributed by atoms with van der Waals surface area (Å²) >= 11 is 0. The van der Waals surface area contributed by atoms with Gasteiger partial charge in [-0.3, -0.25) is 4.90 Å². The Kier molecular flexibility index (Phi) is 5.93. The molecule has 230 valence electrons. The van der Waals surface area contributed by atoms with Gasteiger partial charge < -0.3 is 24.8 Å². The summed E-state index contributed by atoms with van der Waals surface area (Å²) in [5.41, 5.74) is 0.457. The number of rotatable bonds is 4. The lowest BCUT2D eigenvalue weighted by Gasteiger charge is -2.40. The van der Waals surface area contributed by atoms with Gasteiger partial charge in [-0.1, -0.05) is 18.1 Å². The first-order valence-corrected chi connectivity index (χ1v) is 15.7. The fourth-order valence-electron chi connectivity index (χ4n) is 8.53. The minimum Gasteiger partial charge on any atom is -0.508 e. The van der Waals surface area contributed by atoms with Gasteiger partial charge in [0.05, 0.1) is 11.6 Å². The fourth-order valence-corrected chi connectivity index (χ4v) is 8.53. The molecule has 4 aromatic rings. The number of nitrogens with one attached hydrogen (secondary N) is 1. The molecular weight excluding hydrogens is 578 g/mol. The van der Waals surface area contributed by atoms with Crippen molar-refractivity contribution in [2.24, 2.45) is 0 Å². The molecule has 0 amide bonds. The van der Waals surface area contributed by atoms with Crippen molar-refractivity contribution in [2.75, 3.05) is 37.7 Å². The molecule has 11 heteroatoms. The van der Waals surface area contributed by atoms with E-state index >= 15 is 4.39 Å². The zero-order valence-corrected chi connectivity index (χ0v) is 24.6. The molecule has 9 rings (SSSR count). The van der Waals surface area contributed by atoms with E-state index in [2.05, 4.69) is 26.0 Å². The summed E-state index contributed by atoms with van der Waals surface area (Å²) in [7, 11) is 0. The van der Waals surface area contributed by atoms with E-state index in [1.807, 2.05) is 6.07 Å². The number of phenolic OH excluding ortho intramolecular Hbond substituents is 1. The van der Waals surface area contributed by atoms with Crippen LogP contribution in [0.4, 0.5) is 14.6 Å². The summed E-state index contributed by atoms with van der Waals surface area (Å²) < 4.78 is 44.2. The number of piperazine rings is 1. The maximum Gasteiger partial charge on any atom is 0.319 e. The molecule has 0 saturated carbocycles. The van der Waals surface area contributed by atoms with Gasteiger partial charge in [0.1, 0.15) is 47.5 Å². The summed E-state index contributed by atoms with van der Waals surface area (Å²) in [6, 6.07) is 8.91. The molecule has 0 spiro atoms. The Balaban J connectivity index is 1.24. The van der Waals surface area contributed by atoms with E-state index in [1.54, 1.807) is 18.2 Å². The molecular formula is C34H32F2N6O3. The maximum absolute atomic E-state index is 17.0. The Hall–Kier alpha value is -4.27. The van der Waals surface area contributed by atoms with Crippen molar-refractivity contribution >= 4 is 27.5 Å². The average molecular weight is 611 g/mol. The van der Waals surface area contributed by atoms with Gasteiger partial charge in [0.25, 0.3) is 0 Å². The van der Waals surface area contributed by atoms with Crippen molar-refractivity contribution in [1.82, 2.24) is 25.2 Å². The number of terminal acetylenes is 1. The van der Waals surface area contributed by atoms with Crippen LogP contribution in [0.3, 0.4) is 0 Å². The first-order valence-electron chi connectivity index (χ1n) is 15.7. The highest BCUT2D eigenvalue weighted by atomic mass is 19.1. The zero-order chi connectivity index (χ0) is 30.4. The third-order valence-corrected chi connectivity index (χ3v) is 10.5. The number of nitrogens with zero attached hydrogens (tertiary/aromatic N) is 5. The summed E-state index contributed by atoms with van der Waals surface area (Å²) in [5, 5.41) is 16.0. The number of fused-ring (bicyclic) bond motifs is 7. The van der Waals surface area contributed by atoms with E-state index in [-0.39, 0.29) is 53.6 Å². The van der Waals surface area contributed by atoms with E-state index in [9.17, 15) is 9.50 Å². The number of phenols is 1. The van der Waals surface area contributed by atoms with E-state index in [0.717, 1.165) is 32.2 Å². The number of aromatic nitrogens is 3. The highest BCUT2D eigenvalue weighted by Crippen LogP contribution is 2.45. The minimum absolute atomic E-state index is 0.0202. The third kappa shape index (κ3) is 4.08. The predicted octanol–water partition coefficient (Wildman–Crippen LogP) is 4.33. The number of hydrogen-bond donors (Lipinski definition) is 2. The van der Waals surface area contributed by atoms with E-state index in [1.165, 1.54) is 6.07 Å². The molecule has 2 aromatic carbocycles. The zero-order valence-electron chi connectivity index (χ0n) is 24.6. The van der Waals surface area contributed by atoms with Crippen LogP contribution in [0.15, 0.2) is 30.3 Å². The second kappa shape index (κ2) is 9.86. The van der Waals surface area contributed by atoms with Crippen LogP contribution >= 0.6 is 0 Å². The number of anilines is 1. The summed E-state index contributed by atoms with van der Waals surface area (Å²) in [4.78, 5) is 18.7.